The molecular weight excluding hydrogens is 388 g/mol. The van der Waals surface area contributed by atoms with E-state index in [1.54, 1.807) is 0 Å². The van der Waals surface area contributed by atoms with Crippen LogP contribution >= 0.6 is 0 Å². The van der Waals surface area contributed by atoms with Crippen LogP contribution in [0.25, 0.3) is 11.0 Å². The Morgan fingerprint density at radius 1 is 1.16 bits per heavy atom. The van der Waals surface area contributed by atoms with Gasteiger partial charge in [0, 0.05) is 30.1 Å². The lowest BCUT2D eigenvalue weighted by Gasteiger charge is -2.33. The molecule has 3 aromatic rings. The Hall–Kier alpha value is -2.86. The van der Waals surface area contributed by atoms with Crippen LogP contribution in [0, 0.1) is 0 Å². The largest absolute Gasteiger partial charge is 0.465 e. The van der Waals surface area contributed by atoms with Gasteiger partial charge in [-0.15, -0.1) is 0 Å². The summed E-state index contributed by atoms with van der Waals surface area (Å²) < 4.78 is 2.45. The zero-order valence-corrected chi connectivity index (χ0v) is 18.2. The zero-order chi connectivity index (χ0) is 21.5. The molecule has 2 aliphatic rings. The minimum absolute atomic E-state index is 0.0152. The van der Waals surface area contributed by atoms with Crippen LogP contribution in [-0.4, -0.2) is 39.4 Å². The van der Waals surface area contributed by atoms with Crippen LogP contribution in [0.1, 0.15) is 56.1 Å². The number of imidazole rings is 1. The number of carbonyl (C=O) groups is 1. The van der Waals surface area contributed by atoms with Gasteiger partial charge in [0.05, 0.1) is 16.7 Å². The number of amides is 1. The van der Waals surface area contributed by atoms with E-state index in [1.807, 2.05) is 19.1 Å². The van der Waals surface area contributed by atoms with E-state index in [1.165, 1.54) is 10.5 Å². The van der Waals surface area contributed by atoms with E-state index >= 15 is 0 Å². The number of aryl methyl sites for hydroxylation is 1. The summed E-state index contributed by atoms with van der Waals surface area (Å²) in [7, 11) is 0. The van der Waals surface area contributed by atoms with E-state index in [0.717, 1.165) is 66.8 Å². The van der Waals surface area contributed by atoms with Gasteiger partial charge in [-0.2, -0.15) is 0 Å². The van der Waals surface area contributed by atoms with Gasteiger partial charge >= 0.3 is 6.09 Å². The van der Waals surface area contributed by atoms with Crippen LogP contribution in [0.2, 0.25) is 0 Å². The minimum atomic E-state index is -0.885. The average molecular weight is 419 g/mol. The molecule has 0 saturated carbocycles. The summed E-state index contributed by atoms with van der Waals surface area (Å²) in [6.45, 7) is 5.23. The van der Waals surface area contributed by atoms with Crippen LogP contribution in [0.5, 0.6) is 0 Å². The first-order valence-electron chi connectivity index (χ1n) is 11.3. The van der Waals surface area contributed by atoms with Gasteiger partial charge in [-0.05, 0) is 63.8 Å². The number of anilines is 1. The van der Waals surface area contributed by atoms with E-state index in [9.17, 15) is 9.90 Å². The van der Waals surface area contributed by atoms with Crippen LogP contribution in [0.4, 0.5) is 10.5 Å². The number of nitrogens with one attached hydrogen (secondary N) is 1. The molecule has 1 saturated heterocycles. The SMILES string of the molecule is C[C@@H]1C[C@H](n2c(Cc3ccccc3)nc3c4c(ccc32)N(C(=O)O)[C@@H](C)CC4)CCN1. The van der Waals surface area contributed by atoms with Crippen LogP contribution in [0.3, 0.4) is 0 Å². The molecule has 0 aliphatic carbocycles. The molecule has 0 spiro atoms. The summed E-state index contributed by atoms with van der Waals surface area (Å²) in [5, 5.41) is 13.4. The molecule has 1 aromatic heterocycles. The second-order valence-electron chi connectivity index (χ2n) is 9.07. The van der Waals surface area contributed by atoms with Crippen molar-refractivity contribution in [3.63, 3.8) is 0 Å². The molecule has 6 nitrogen and oxygen atoms in total. The van der Waals surface area contributed by atoms with Gasteiger partial charge in [0.1, 0.15) is 5.82 Å². The molecular formula is C25H30N4O2. The normalized spacial score (nSPS) is 23.7. The molecule has 0 bridgehead atoms. The first-order valence-corrected chi connectivity index (χ1v) is 11.3. The minimum Gasteiger partial charge on any atom is -0.465 e. The molecule has 162 valence electrons. The molecule has 3 atom stereocenters. The number of hydrogen-bond donors (Lipinski definition) is 2. The Morgan fingerprint density at radius 3 is 2.71 bits per heavy atom. The number of hydrogen-bond acceptors (Lipinski definition) is 3. The van der Waals surface area contributed by atoms with Crippen LogP contribution in [0.15, 0.2) is 42.5 Å². The Balaban J connectivity index is 1.67. The van der Waals surface area contributed by atoms with Crippen LogP contribution in [-0.2, 0) is 12.8 Å². The standard InChI is InChI=1S/C25H30N4O2/c1-16-14-19(12-13-26-16)29-22-11-10-21-20(9-8-17(2)28(21)25(30)31)24(22)27-23(29)15-18-6-4-3-5-7-18/h3-7,10-11,16-17,19,26H,8-9,12-15H2,1-2H3,(H,30,31)/t16-,17+,19-/m1/s1. The fourth-order valence-corrected chi connectivity index (χ4v) is 5.39. The molecule has 3 heterocycles. The second-order valence-corrected chi connectivity index (χ2v) is 9.07. The highest BCUT2D eigenvalue weighted by Gasteiger charge is 2.32. The lowest BCUT2D eigenvalue weighted by Crippen LogP contribution is -2.41. The third-order valence-electron chi connectivity index (χ3n) is 6.90. The molecule has 1 amide bonds. The first kappa shape index (κ1) is 20.1. The predicted octanol–water partition coefficient (Wildman–Crippen LogP) is 4.76. The van der Waals surface area contributed by atoms with Gasteiger partial charge in [-0.3, -0.25) is 4.90 Å². The highest BCUT2D eigenvalue weighted by Crippen LogP contribution is 2.38. The second kappa shape index (κ2) is 8.00. The smallest absolute Gasteiger partial charge is 0.412 e. The topological polar surface area (TPSA) is 70.4 Å². The van der Waals surface area contributed by atoms with Crippen molar-refractivity contribution in [3.05, 3.63) is 59.4 Å². The Kier molecular flexibility index (Phi) is 5.18. The third kappa shape index (κ3) is 3.59. The predicted molar refractivity (Wildman–Crippen MR) is 123 cm³/mol. The molecule has 6 heteroatoms. The highest BCUT2D eigenvalue weighted by molar-refractivity contribution is 5.94. The third-order valence-corrected chi connectivity index (χ3v) is 6.90. The summed E-state index contributed by atoms with van der Waals surface area (Å²) in [5.74, 6) is 1.08. The number of aromatic nitrogens is 2. The van der Waals surface area contributed by atoms with Gasteiger partial charge in [0.15, 0.2) is 0 Å². The van der Waals surface area contributed by atoms with Crippen molar-refractivity contribution >= 4 is 22.8 Å². The maximum Gasteiger partial charge on any atom is 0.412 e. The number of carboxylic acid groups (broad SMARTS) is 1. The maximum atomic E-state index is 12.0. The van der Waals surface area contributed by atoms with Gasteiger partial charge in [0.2, 0.25) is 0 Å². The number of benzene rings is 2. The van der Waals surface area contributed by atoms with Crippen molar-refractivity contribution < 1.29 is 9.90 Å². The van der Waals surface area contributed by atoms with Crippen molar-refractivity contribution in [1.29, 1.82) is 0 Å². The Morgan fingerprint density at radius 2 is 1.97 bits per heavy atom. The molecule has 2 N–H and O–H groups in total. The van der Waals surface area contributed by atoms with E-state index in [2.05, 4.69) is 47.1 Å². The summed E-state index contributed by atoms with van der Waals surface area (Å²) in [5.41, 5.74) is 5.24. The van der Waals surface area contributed by atoms with E-state index in [4.69, 9.17) is 4.98 Å². The summed E-state index contributed by atoms with van der Waals surface area (Å²) in [4.78, 5) is 18.6. The quantitative estimate of drug-likeness (QED) is 0.643. The van der Waals surface area contributed by atoms with Crippen molar-refractivity contribution in [1.82, 2.24) is 14.9 Å². The molecule has 2 aliphatic heterocycles. The van der Waals surface area contributed by atoms with Crippen LogP contribution < -0.4 is 10.2 Å². The highest BCUT2D eigenvalue weighted by atomic mass is 16.4. The molecule has 5 rings (SSSR count). The maximum absolute atomic E-state index is 12.0. The molecule has 2 aromatic carbocycles. The molecule has 0 radical (unpaired) electrons. The molecule has 31 heavy (non-hydrogen) atoms. The zero-order valence-electron chi connectivity index (χ0n) is 18.2. The molecule has 1 fully saturated rings. The Bertz CT molecular complexity index is 1110. The Labute approximate surface area is 182 Å². The van der Waals surface area contributed by atoms with Crippen molar-refractivity contribution in [2.24, 2.45) is 0 Å². The molecule has 0 unspecified atom stereocenters. The number of fused-ring (bicyclic) bond motifs is 3. The first-order chi connectivity index (χ1) is 15.0. The average Bonchev–Trinajstić information content (AvgIpc) is 3.12. The van der Waals surface area contributed by atoms with Gasteiger partial charge in [-0.25, -0.2) is 9.78 Å². The van der Waals surface area contributed by atoms with Crippen molar-refractivity contribution in [3.8, 4) is 0 Å². The summed E-state index contributed by atoms with van der Waals surface area (Å²) in [6.07, 6.45) is 3.73. The summed E-state index contributed by atoms with van der Waals surface area (Å²) >= 11 is 0. The van der Waals surface area contributed by atoms with E-state index in [-0.39, 0.29) is 6.04 Å². The fourth-order valence-electron chi connectivity index (χ4n) is 5.39. The summed E-state index contributed by atoms with van der Waals surface area (Å²) in [6, 6.07) is 15.4. The number of piperidine rings is 1. The van der Waals surface area contributed by atoms with Crippen molar-refractivity contribution in [2.45, 2.75) is 64.1 Å². The van der Waals surface area contributed by atoms with E-state index < -0.39 is 6.09 Å². The van der Waals surface area contributed by atoms with E-state index in [0.29, 0.717) is 12.1 Å². The van der Waals surface area contributed by atoms with Gasteiger partial charge in [0.25, 0.3) is 0 Å². The number of rotatable bonds is 3. The monoisotopic (exact) mass is 418 g/mol. The van der Waals surface area contributed by atoms with Crippen molar-refractivity contribution in [2.75, 3.05) is 11.4 Å². The van der Waals surface area contributed by atoms with Gasteiger partial charge in [-0.1, -0.05) is 30.3 Å². The van der Waals surface area contributed by atoms with Gasteiger partial charge < -0.3 is 15.0 Å². The lowest BCUT2D eigenvalue weighted by molar-refractivity contribution is 0.198. The fraction of sp³-hybridized carbons (Fsp3) is 0.440. The number of nitrogens with zero attached hydrogens (tertiary/aromatic N) is 3. The lowest BCUT2D eigenvalue weighted by atomic mass is 9.95.